The molecular formula is C26H31Cl3N4OS. The van der Waals surface area contributed by atoms with Gasteiger partial charge in [-0.05, 0) is 92.5 Å². The summed E-state index contributed by atoms with van der Waals surface area (Å²) in [6.45, 7) is 3.90. The Kier molecular flexibility index (Phi) is 11.6. The molecule has 0 atom stereocenters. The summed E-state index contributed by atoms with van der Waals surface area (Å²) in [5, 5.41) is 11.9. The van der Waals surface area contributed by atoms with Gasteiger partial charge < -0.3 is 20.9 Å². The molecule has 3 N–H and O–H groups in total. The number of unbranched alkanes of at least 4 members (excludes halogenated alkanes) is 2. The summed E-state index contributed by atoms with van der Waals surface area (Å²) in [7, 11) is 0. The van der Waals surface area contributed by atoms with Crippen molar-refractivity contribution >= 4 is 69.8 Å². The zero-order valence-corrected chi connectivity index (χ0v) is 22.6. The summed E-state index contributed by atoms with van der Waals surface area (Å²) in [6, 6.07) is 13.2. The van der Waals surface area contributed by atoms with Crippen LogP contribution in [0.25, 0.3) is 6.08 Å². The van der Waals surface area contributed by atoms with E-state index < -0.39 is 0 Å². The van der Waals surface area contributed by atoms with Crippen molar-refractivity contribution in [1.29, 1.82) is 0 Å². The quantitative estimate of drug-likeness (QED) is 0.181. The van der Waals surface area contributed by atoms with Gasteiger partial charge in [-0.25, -0.2) is 0 Å². The van der Waals surface area contributed by atoms with Crippen molar-refractivity contribution in [3.63, 3.8) is 0 Å². The third-order valence-corrected chi connectivity index (χ3v) is 7.06. The molecule has 0 aliphatic carbocycles. The van der Waals surface area contributed by atoms with Crippen LogP contribution in [0.5, 0.6) is 0 Å². The molecule has 0 aromatic heterocycles. The second kappa shape index (κ2) is 14.7. The van der Waals surface area contributed by atoms with Crippen LogP contribution in [0.15, 0.2) is 48.5 Å². The molecule has 2 aromatic rings. The van der Waals surface area contributed by atoms with Crippen LogP contribution >= 0.6 is 47.0 Å². The largest absolute Gasteiger partial charge is 0.360 e. The smallest absolute Gasteiger partial charge is 0.243 e. The molecule has 2 aromatic carbocycles. The molecule has 1 aliphatic heterocycles. The normalized spacial score (nSPS) is 14.7. The first kappa shape index (κ1) is 27.8. The molecule has 9 heteroatoms. The molecule has 5 nitrogen and oxygen atoms in total. The van der Waals surface area contributed by atoms with Crippen molar-refractivity contribution in [1.82, 2.24) is 15.5 Å². The second-order valence-corrected chi connectivity index (χ2v) is 10.2. The summed E-state index contributed by atoms with van der Waals surface area (Å²) in [5.41, 5.74) is 1.77. The number of amides is 1. The Hall–Kier alpha value is -1.83. The first-order valence-corrected chi connectivity index (χ1v) is 13.4. The summed E-state index contributed by atoms with van der Waals surface area (Å²) < 4.78 is 0. The van der Waals surface area contributed by atoms with Gasteiger partial charge in [0.15, 0.2) is 5.11 Å². The van der Waals surface area contributed by atoms with Crippen molar-refractivity contribution < 1.29 is 4.79 Å². The molecule has 0 unspecified atom stereocenters. The molecule has 1 fully saturated rings. The van der Waals surface area contributed by atoms with Crippen LogP contribution in [0.3, 0.4) is 0 Å². The van der Waals surface area contributed by atoms with Crippen molar-refractivity contribution in [2.24, 2.45) is 0 Å². The average molecular weight is 554 g/mol. The number of hydrogen-bond donors (Lipinski definition) is 3. The molecule has 1 aliphatic rings. The van der Waals surface area contributed by atoms with Crippen LogP contribution in [0, 0.1) is 0 Å². The summed E-state index contributed by atoms with van der Waals surface area (Å²) in [4.78, 5) is 14.5. The molecule has 1 saturated heterocycles. The van der Waals surface area contributed by atoms with E-state index >= 15 is 0 Å². The van der Waals surface area contributed by atoms with E-state index in [1.807, 2.05) is 30.3 Å². The van der Waals surface area contributed by atoms with Gasteiger partial charge in [0.1, 0.15) is 0 Å². The lowest BCUT2D eigenvalue weighted by Gasteiger charge is -2.33. The predicted molar refractivity (Wildman–Crippen MR) is 153 cm³/mol. The highest BCUT2D eigenvalue weighted by molar-refractivity contribution is 7.80. The van der Waals surface area contributed by atoms with Gasteiger partial charge in [0.2, 0.25) is 5.91 Å². The minimum Gasteiger partial charge on any atom is -0.360 e. The Bertz CT molecular complexity index is 1010. The molecule has 35 heavy (non-hydrogen) atoms. The number of nitrogens with one attached hydrogen (secondary N) is 3. The average Bonchev–Trinajstić information content (AvgIpc) is 2.84. The van der Waals surface area contributed by atoms with Crippen LogP contribution in [-0.4, -0.2) is 48.1 Å². The predicted octanol–water partition coefficient (Wildman–Crippen LogP) is 6.40. The van der Waals surface area contributed by atoms with E-state index in [2.05, 4.69) is 20.9 Å². The fourth-order valence-corrected chi connectivity index (χ4v) is 4.60. The van der Waals surface area contributed by atoms with Gasteiger partial charge in [-0.15, -0.1) is 0 Å². The molecule has 0 saturated carbocycles. The number of benzene rings is 2. The van der Waals surface area contributed by atoms with E-state index in [1.165, 1.54) is 6.08 Å². The van der Waals surface area contributed by atoms with Crippen LogP contribution in [0.2, 0.25) is 15.1 Å². The van der Waals surface area contributed by atoms with Crippen molar-refractivity contribution in [3.8, 4) is 0 Å². The summed E-state index contributed by atoms with van der Waals surface area (Å²) in [5.74, 6) is -0.103. The number of likely N-dealkylation sites (tertiary alicyclic amines) is 1. The van der Waals surface area contributed by atoms with E-state index in [4.69, 9.17) is 47.0 Å². The van der Waals surface area contributed by atoms with E-state index in [0.717, 1.165) is 63.0 Å². The van der Waals surface area contributed by atoms with Gasteiger partial charge in [-0.1, -0.05) is 47.3 Å². The third kappa shape index (κ3) is 10.4. The molecule has 3 rings (SSSR count). The fraction of sp³-hybridized carbons (Fsp3) is 0.385. The van der Waals surface area contributed by atoms with E-state index in [0.29, 0.717) is 32.8 Å². The highest BCUT2D eigenvalue weighted by atomic mass is 35.5. The van der Waals surface area contributed by atoms with Crippen molar-refractivity contribution in [2.45, 2.75) is 38.1 Å². The van der Waals surface area contributed by atoms with Gasteiger partial charge in [0, 0.05) is 42.5 Å². The van der Waals surface area contributed by atoms with Gasteiger partial charge in [-0.3, -0.25) is 4.79 Å². The first-order valence-electron chi connectivity index (χ1n) is 11.9. The second-order valence-electron chi connectivity index (χ2n) is 8.58. The first-order chi connectivity index (χ1) is 16.9. The number of thiocarbonyl (C=S) groups is 1. The molecule has 1 amide bonds. The Morgan fingerprint density at radius 3 is 2.46 bits per heavy atom. The maximum absolute atomic E-state index is 12.0. The SMILES string of the molecule is O=C(/C=C/c1ccc(Cl)c(Cl)c1)NCCCCCN1CCC(NC(=S)Nc2ccc(Cl)cc2)CC1. The van der Waals surface area contributed by atoms with Gasteiger partial charge in [-0.2, -0.15) is 0 Å². The summed E-state index contributed by atoms with van der Waals surface area (Å²) >= 11 is 23.3. The van der Waals surface area contributed by atoms with Crippen LogP contribution < -0.4 is 16.0 Å². The minimum atomic E-state index is -0.103. The Morgan fingerprint density at radius 2 is 1.74 bits per heavy atom. The third-order valence-electron chi connectivity index (χ3n) is 5.85. The topological polar surface area (TPSA) is 56.4 Å². The van der Waals surface area contributed by atoms with E-state index in [1.54, 1.807) is 18.2 Å². The molecule has 0 spiro atoms. The Morgan fingerprint density at radius 1 is 1.00 bits per heavy atom. The number of anilines is 1. The van der Waals surface area contributed by atoms with Crippen LogP contribution in [0.1, 0.15) is 37.7 Å². The van der Waals surface area contributed by atoms with Gasteiger partial charge >= 0.3 is 0 Å². The van der Waals surface area contributed by atoms with Gasteiger partial charge in [0.25, 0.3) is 0 Å². The highest BCUT2D eigenvalue weighted by Crippen LogP contribution is 2.23. The zero-order valence-electron chi connectivity index (χ0n) is 19.5. The lowest BCUT2D eigenvalue weighted by molar-refractivity contribution is -0.116. The fourth-order valence-electron chi connectivity index (χ4n) is 3.88. The monoisotopic (exact) mass is 552 g/mol. The number of carbonyl (C=O) groups is 1. The van der Waals surface area contributed by atoms with Crippen LogP contribution in [-0.2, 0) is 4.79 Å². The molecular weight excluding hydrogens is 523 g/mol. The van der Waals surface area contributed by atoms with Crippen molar-refractivity contribution in [2.75, 3.05) is 31.5 Å². The number of rotatable bonds is 10. The lowest BCUT2D eigenvalue weighted by Crippen LogP contribution is -2.46. The number of nitrogens with zero attached hydrogens (tertiary/aromatic N) is 1. The summed E-state index contributed by atoms with van der Waals surface area (Å²) in [6.07, 6.45) is 8.58. The molecule has 0 radical (unpaired) electrons. The molecule has 1 heterocycles. The van der Waals surface area contributed by atoms with Crippen molar-refractivity contribution in [3.05, 3.63) is 69.2 Å². The Labute approximate surface area is 228 Å². The maximum atomic E-state index is 12.0. The van der Waals surface area contributed by atoms with Crippen LogP contribution in [0.4, 0.5) is 5.69 Å². The molecule has 188 valence electrons. The standard InChI is InChI=1S/C26H31Cl3N4OS/c27-20-6-8-21(9-7-20)31-26(35)32-22-12-16-33(17-13-22)15-3-1-2-14-30-25(34)11-5-19-4-10-23(28)24(29)18-19/h4-11,18,22H,1-3,12-17H2,(H,30,34)(H2,31,32,35)/b11-5+. The maximum Gasteiger partial charge on any atom is 0.243 e. The molecule has 0 bridgehead atoms. The lowest BCUT2D eigenvalue weighted by atomic mass is 10.0. The Balaban J connectivity index is 1.21. The van der Waals surface area contributed by atoms with Gasteiger partial charge in [0.05, 0.1) is 10.0 Å². The number of piperidine rings is 1. The number of halogens is 3. The zero-order chi connectivity index (χ0) is 25.0. The minimum absolute atomic E-state index is 0.103. The number of carbonyl (C=O) groups excluding carboxylic acids is 1. The van der Waals surface area contributed by atoms with E-state index in [9.17, 15) is 4.79 Å². The highest BCUT2D eigenvalue weighted by Gasteiger charge is 2.19. The van der Waals surface area contributed by atoms with E-state index in [-0.39, 0.29) is 5.91 Å². The number of hydrogen-bond acceptors (Lipinski definition) is 3.